The Hall–Kier alpha value is -1.72. The maximum atomic E-state index is 10.4. The number of rotatable bonds is 6. The van der Waals surface area contributed by atoms with E-state index in [-0.39, 0.29) is 0 Å². The summed E-state index contributed by atoms with van der Waals surface area (Å²) in [5, 5.41) is 14.5. The van der Waals surface area contributed by atoms with Gasteiger partial charge in [0.2, 0.25) is 5.89 Å². The predicted molar refractivity (Wildman–Crippen MR) is 83.1 cm³/mol. The Morgan fingerprint density at radius 3 is 2.91 bits per heavy atom. The summed E-state index contributed by atoms with van der Waals surface area (Å²) >= 11 is 0. The number of nitrogens with zero attached hydrogens (tertiary/aromatic N) is 3. The van der Waals surface area contributed by atoms with Crippen LogP contribution in [0.5, 0.6) is 0 Å². The zero-order chi connectivity index (χ0) is 15.4. The topological polar surface area (TPSA) is 62.4 Å². The molecule has 1 aliphatic heterocycles. The summed E-state index contributed by atoms with van der Waals surface area (Å²) in [4.78, 5) is 6.74. The van der Waals surface area contributed by atoms with E-state index in [1.165, 1.54) is 0 Å². The second-order valence-electron chi connectivity index (χ2n) is 5.89. The Kier molecular flexibility index (Phi) is 4.85. The molecule has 1 fully saturated rings. The van der Waals surface area contributed by atoms with Gasteiger partial charge >= 0.3 is 0 Å². The van der Waals surface area contributed by atoms with Crippen molar-refractivity contribution in [2.45, 2.75) is 51.3 Å². The molecule has 0 saturated carbocycles. The fraction of sp³-hybridized carbons (Fsp3) is 0.529. The minimum atomic E-state index is -0.414. The van der Waals surface area contributed by atoms with Crippen molar-refractivity contribution in [1.82, 2.24) is 15.0 Å². The molecule has 5 heteroatoms. The van der Waals surface area contributed by atoms with Gasteiger partial charge in [0.1, 0.15) is 0 Å². The van der Waals surface area contributed by atoms with Crippen molar-refractivity contribution in [3.05, 3.63) is 47.6 Å². The molecule has 1 aliphatic rings. The molecule has 0 spiro atoms. The van der Waals surface area contributed by atoms with Crippen molar-refractivity contribution in [1.29, 1.82) is 0 Å². The highest BCUT2D eigenvalue weighted by Crippen LogP contribution is 2.28. The second kappa shape index (κ2) is 7.03. The average molecular weight is 301 g/mol. The Balaban J connectivity index is 1.60. The van der Waals surface area contributed by atoms with Gasteiger partial charge in [0.25, 0.3) is 0 Å². The van der Waals surface area contributed by atoms with Gasteiger partial charge in [-0.1, -0.05) is 42.4 Å². The van der Waals surface area contributed by atoms with Crippen LogP contribution in [0.2, 0.25) is 0 Å². The molecule has 0 radical (unpaired) electrons. The molecule has 1 aromatic heterocycles. The van der Waals surface area contributed by atoms with Crippen LogP contribution >= 0.6 is 0 Å². The average Bonchev–Trinajstić information content (AvgIpc) is 3.18. The standard InChI is InChI=1S/C17H23N3O2/c1-2-17-18-16(19-22-17)12-20-10-6-9-14(20)11-15(21)13-7-4-3-5-8-13/h3-5,7-8,14-15,21H,2,6,9-12H2,1H3/t14-,15-/m1/s1. The molecule has 1 aromatic carbocycles. The highest BCUT2D eigenvalue weighted by atomic mass is 16.5. The number of aliphatic hydroxyl groups excluding tert-OH is 1. The van der Waals surface area contributed by atoms with E-state index in [0.29, 0.717) is 18.5 Å². The quantitative estimate of drug-likeness (QED) is 0.889. The van der Waals surface area contributed by atoms with E-state index < -0.39 is 6.10 Å². The van der Waals surface area contributed by atoms with Gasteiger partial charge in [-0.15, -0.1) is 0 Å². The van der Waals surface area contributed by atoms with E-state index in [1.807, 2.05) is 37.3 Å². The van der Waals surface area contributed by atoms with Crippen molar-refractivity contribution in [2.24, 2.45) is 0 Å². The fourth-order valence-corrected chi connectivity index (χ4v) is 3.12. The summed E-state index contributed by atoms with van der Waals surface area (Å²) in [6, 6.07) is 10.2. The number of benzene rings is 1. The highest BCUT2D eigenvalue weighted by Gasteiger charge is 2.28. The molecule has 2 heterocycles. The first kappa shape index (κ1) is 15.2. The number of hydrogen-bond donors (Lipinski definition) is 1. The van der Waals surface area contributed by atoms with Gasteiger partial charge in [-0.2, -0.15) is 4.98 Å². The van der Waals surface area contributed by atoms with Crippen molar-refractivity contribution in [3.8, 4) is 0 Å². The summed E-state index contributed by atoms with van der Waals surface area (Å²) in [5.74, 6) is 1.44. The van der Waals surface area contributed by atoms with Gasteiger partial charge in [-0.3, -0.25) is 4.90 Å². The summed E-state index contributed by atoms with van der Waals surface area (Å²) in [5.41, 5.74) is 0.988. The number of aromatic nitrogens is 2. The molecule has 3 rings (SSSR count). The largest absolute Gasteiger partial charge is 0.388 e. The number of aliphatic hydroxyl groups is 1. The van der Waals surface area contributed by atoms with Gasteiger partial charge in [-0.05, 0) is 31.4 Å². The lowest BCUT2D eigenvalue weighted by Crippen LogP contribution is -2.30. The van der Waals surface area contributed by atoms with Crippen molar-refractivity contribution in [3.63, 3.8) is 0 Å². The molecule has 1 N–H and O–H groups in total. The first-order valence-electron chi connectivity index (χ1n) is 8.04. The molecule has 0 bridgehead atoms. The van der Waals surface area contributed by atoms with Crippen molar-refractivity contribution >= 4 is 0 Å². The Morgan fingerprint density at radius 2 is 2.18 bits per heavy atom. The van der Waals surface area contributed by atoms with Crippen LogP contribution in [0.3, 0.4) is 0 Å². The highest BCUT2D eigenvalue weighted by molar-refractivity contribution is 5.17. The molecular weight excluding hydrogens is 278 g/mol. The lowest BCUT2D eigenvalue weighted by atomic mass is 10.0. The van der Waals surface area contributed by atoms with Crippen LogP contribution in [0.1, 0.15) is 49.6 Å². The zero-order valence-electron chi connectivity index (χ0n) is 13.0. The molecule has 5 nitrogen and oxygen atoms in total. The third-order valence-corrected chi connectivity index (χ3v) is 4.34. The third-order valence-electron chi connectivity index (χ3n) is 4.34. The van der Waals surface area contributed by atoms with Crippen molar-refractivity contribution < 1.29 is 9.63 Å². The van der Waals surface area contributed by atoms with Crippen LogP contribution in [-0.2, 0) is 13.0 Å². The van der Waals surface area contributed by atoms with Crippen LogP contribution in [0.4, 0.5) is 0 Å². The normalized spacial score (nSPS) is 20.4. The summed E-state index contributed by atoms with van der Waals surface area (Å²) in [7, 11) is 0. The molecule has 22 heavy (non-hydrogen) atoms. The predicted octanol–water partition coefficient (Wildman–Crippen LogP) is 2.72. The third kappa shape index (κ3) is 3.54. The molecule has 0 aliphatic carbocycles. The van der Waals surface area contributed by atoms with Gasteiger partial charge in [0.05, 0.1) is 12.6 Å². The summed E-state index contributed by atoms with van der Waals surface area (Å²) in [6.45, 7) is 3.74. The summed E-state index contributed by atoms with van der Waals surface area (Å²) in [6.07, 6.45) is 3.38. The Bertz CT molecular complexity index is 585. The maximum absolute atomic E-state index is 10.4. The number of hydrogen-bond acceptors (Lipinski definition) is 5. The molecule has 2 aromatic rings. The van der Waals surface area contributed by atoms with E-state index in [2.05, 4.69) is 15.0 Å². The Morgan fingerprint density at radius 1 is 1.36 bits per heavy atom. The molecule has 1 saturated heterocycles. The smallest absolute Gasteiger partial charge is 0.226 e. The van der Waals surface area contributed by atoms with Gasteiger partial charge in [0, 0.05) is 12.5 Å². The van der Waals surface area contributed by atoms with E-state index in [9.17, 15) is 5.11 Å². The summed E-state index contributed by atoms with van der Waals surface area (Å²) < 4.78 is 5.17. The number of aryl methyl sites for hydroxylation is 1. The Labute approximate surface area is 131 Å². The molecule has 0 unspecified atom stereocenters. The van der Waals surface area contributed by atoms with E-state index >= 15 is 0 Å². The number of likely N-dealkylation sites (tertiary alicyclic amines) is 1. The second-order valence-corrected chi connectivity index (χ2v) is 5.89. The minimum Gasteiger partial charge on any atom is -0.388 e. The van der Waals surface area contributed by atoms with Crippen LogP contribution in [0, 0.1) is 0 Å². The maximum Gasteiger partial charge on any atom is 0.226 e. The van der Waals surface area contributed by atoms with Gasteiger partial charge in [0.15, 0.2) is 5.82 Å². The van der Waals surface area contributed by atoms with Gasteiger partial charge in [-0.25, -0.2) is 0 Å². The van der Waals surface area contributed by atoms with E-state index in [0.717, 1.165) is 43.6 Å². The van der Waals surface area contributed by atoms with Crippen LogP contribution in [-0.4, -0.2) is 32.7 Å². The lowest BCUT2D eigenvalue weighted by molar-refractivity contribution is 0.116. The molecule has 2 atom stereocenters. The molecule has 118 valence electrons. The minimum absolute atomic E-state index is 0.374. The van der Waals surface area contributed by atoms with E-state index in [1.54, 1.807) is 0 Å². The molecule has 0 amide bonds. The van der Waals surface area contributed by atoms with E-state index in [4.69, 9.17) is 4.52 Å². The van der Waals surface area contributed by atoms with Crippen LogP contribution < -0.4 is 0 Å². The zero-order valence-corrected chi connectivity index (χ0v) is 13.0. The fourth-order valence-electron chi connectivity index (χ4n) is 3.12. The first-order chi connectivity index (χ1) is 10.8. The lowest BCUT2D eigenvalue weighted by Gasteiger charge is -2.25. The monoisotopic (exact) mass is 301 g/mol. The molecular formula is C17H23N3O2. The van der Waals surface area contributed by atoms with Crippen molar-refractivity contribution in [2.75, 3.05) is 6.54 Å². The van der Waals surface area contributed by atoms with Gasteiger partial charge < -0.3 is 9.63 Å². The SMILES string of the molecule is CCc1nc(CN2CCC[C@@H]2C[C@@H](O)c2ccccc2)no1. The van der Waals surface area contributed by atoms with Crippen LogP contribution in [0.25, 0.3) is 0 Å². The van der Waals surface area contributed by atoms with Crippen LogP contribution in [0.15, 0.2) is 34.9 Å². The first-order valence-corrected chi connectivity index (χ1v) is 8.04.